The number of rotatable bonds is 8. The van der Waals surface area contributed by atoms with Gasteiger partial charge in [-0.3, -0.25) is 9.10 Å². The molecule has 0 saturated carbocycles. The Balaban J connectivity index is 2.54. The van der Waals surface area contributed by atoms with Crippen LogP contribution in [0.3, 0.4) is 0 Å². The molecule has 0 aliphatic rings. The second-order valence-electron chi connectivity index (χ2n) is 6.52. The molecule has 1 amide bonds. The number of carbonyl (C=O) groups excluding carboxylic acids is 1. The SMILES string of the molecule is CCC(C)NC(=O)CN(c1cc(Cl)ccc1OC)S(=O)(=O)c1ccc(C)cc1. The van der Waals surface area contributed by atoms with Gasteiger partial charge in [-0.2, -0.15) is 0 Å². The molecule has 1 atom stereocenters. The highest BCUT2D eigenvalue weighted by molar-refractivity contribution is 7.92. The van der Waals surface area contributed by atoms with Crippen LogP contribution in [-0.2, 0) is 14.8 Å². The zero-order valence-electron chi connectivity index (χ0n) is 16.4. The topological polar surface area (TPSA) is 75.7 Å². The number of aryl methyl sites for hydroxylation is 1. The largest absolute Gasteiger partial charge is 0.495 e. The van der Waals surface area contributed by atoms with Crippen molar-refractivity contribution in [2.45, 2.75) is 38.1 Å². The van der Waals surface area contributed by atoms with E-state index in [-0.39, 0.29) is 16.6 Å². The lowest BCUT2D eigenvalue weighted by atomic mass is 10.2. The summed E-state index contributed by atoms with van der Waals surface area (Å²) >= 11 is 6.10. The Morgan fingerprint density at radius 2 is 1.86 bits per heavy atom. The first kappa shape index (κ1) is 22.0. The quantitative estimate of drug-likeness (QED) is 0.699. The van der Waals surface area contributed by atoms with Gasteiger partial charge in [-0.1, -0.05) is 36.2 Å². The number of hydrogen-bond acceptors (Lipinski definition) is 4. The van der Waals surface area contributed by atoms with E-state index in [0.717, 1.165) is 16.3 Å². The van der Waals surface area contributed by atoms with Crippen molar-refractivity contribution < 1.29 is 17.9 Å². The lowest BCUT2D eigenvalue weighted by Gasteiger charge is -2.26. The first-order valence-corrected chi connectivity index (χ1v) is 10.7. The Morgan fingerprint density at radius 1 is 1.21 bits per heavy atom. The van der Waals surface area contributed by atoms with Crippen LogP contribution < -0.4 is 14.4 Å². The maximum absolute atomic E-state index is 13.4. The number of ether oxygens (including phenoxy) is 1. The van der Waals surface area contributed by atoms with E-state index in [4.69, 9.17) is 16.3 Å². The fourth-order valence-electron chi connectivity index (χ4n) is 2.55. The molecule has 0 aliphatic carbocycles. The summed E-state index contributed by atoms with van der Waals surface area (Å²) in [5, 5.41) is 3.13. The first-order chi connectivity index (χ1) is 13.2. The van der Waals surface area contributed by atoms with Gasteiger partial charge in [0.15, 0.2) is 0 Å². The normalized spacial score (nSPS) is 12.3. The third-order valence-corrected chi connectivity index (χ3v) is 6.33. The summed E-state index contributed by atoms with van der Waals surface area (Å²) < 4.78 is 33.1. The average molecular weight is 425 g/mol. The highest BCUT2D eigenvalue weighted by Crippen LogP contribution is 2.34. The third kappa shape index (κ3) is 5.17. The maximum atomic E-state index is 13.4. The van der Waals surface area contributed by atoms with Gasteiger partial charge in [-0.25, -0.2) is 8.42 Å². The minimum atomic E-state index is -4.02. The van der Waals surface area contributed by atoms with Gasteiger partial charge in [0.25, 0.3) is 10.0 Å². The Hall–Kier alpha value is -2.25. The van der Waals surface area contributed by atoms with E-state index in [1.807, 2.05) is 20.8 Å². The zero-order valence-corrected chi connectivity index (χ0v) is 18.0. The molecule has 6 nitrogen and oxygen atoms in total. The lowest BCUT2D eigenvalue weighted by molar-refractivity contribution is -0.120. The van der Waals surface area contributed by atoms with E-state index in [0.29, 0.717) is 10.8 Å². The van der Waals surface area contributed by atoms with Gasteiger partial charge >= 0.3 is 0 Å². The molecule has 0 aromatic heterocycles. The summed E-state index contributed by atoms with van der Waals surface area (Å²) in [7, 11) is -2.59. The highest BCUT2D eigenvalue weighted by atomic mass is 35.5. The van der Waals surface area contributed by atoms with Crippen molar-refractivity contribution in [2.75, 3.05) is 18.0 Å². The molecule has 0 heterocycles. The maximum Gasteiger partial charge on any atom is 0.264 e. The zero-order chi connectivity index (χ0) is 20.9. The molecule has 8 heteroatoms. The molecule has 0 fully saturated rings. The average Bonchev–Trinajstić information content (AvgIpc) is 2.66. The molecule has 152 valence electrons. The van der Waals surface area contributed by atoms with E-state index in [1.54, 1.807) is 24.3 Å². The van der Waals surface area contributed by atoms with Crippen LogP contribution in [0, 0.1) is 6.92 Å². The first-order valence-electron chi connectivity index (χ1n) is 8.91. The molecule has 0 bridgehead atoms. The molecular formula is C20H25ClN2O4S. The number of nitrogens with one attached hydrogen (secondary N) is 1. The molecule has 0 spiro atoms. The predicted octanol–water partition coefficient (Wildman–Crippen LogP) is 3.77. The number of amides is 1. The molecule has 2 aromatic rings. The van der Waals surface area contributed by atoms with Gasteiger partial charge in [-0.15, -0.1) is 0 Å². The Labute approximate surface area is 171 Å². The van der Waals surface area contributed by atoms with E-state index in [2.05, 4.69) is 5.32 Å². The number of methoxy groups -OCH3 is 1. The third-order valence-electron chi connectivity index (χ3n) is 4.33. The van der Waals surface area contributed by atoms with Crippen LogP contribution in [-0.4, -0.2) is 34.0 Å². The molecule has 1 N–H and O–H groups in total. The number of carbonyl (C=O) groups is 1. The van der Waals surface area contributed by atoms with Gasteiger partial charge in [0, 0.05) is 11.1 Å². The molecule has 1 unspecified atom stereocenters. The summed E-state index contributed by atoms with van der Waals surface area (Å²) in [6, 6.07) is 11.0. The van der Waals surface area contributed by atoms with E-state index >= 15 is 0 Å². The van der Waals surface area contributed by atoms with Gasteiger partial charge in [0.05, 0.1) is 17.7 Å². The van der Waals surface area contributed by atoms with Crippen LogP contribution in [0.15, 0.2) is 47.4 Å². The molecule has 2 rings (SSSR count). The smallest absolute Gasteiger partial charge is 0.264 e. The van der Waals surface area contributed by atoms with Gasteiger partial charge in [0.2, 0.25) is 5.91 Å². The van der Waals surface area contributed by atoms with Crippen LogP contribution in [0.2, 0.25) is 5.02 Å². The molecule has 0 aliphatic heterocycles. The molecule has 2 aromatic carbocycles. The predicted molar refractivity (Wildman–Crippen MR) is 112 cm³/mol. The molecule has 28 heavy (non-hydrogen) atoms. The number of hydrogen-bond donors (Lipinski definition) is 1. The monoisotopic (exact) mass is 424 g/mol. The van der Waals surface area contributed by atoms with Crippen molar-refractivity contribution in [3.05, 3.63) is 53.1 Å². The van der Waals surface area contributed by atoms with Gasteiger partial charge in [0.1, 0.15) is 12.3 Å². The minimum absolute atomic E-state index is 0.0716. The van der Waals surface area contributed by atoms with Gasteiger partial charge < -0.3 is 10.1 Å². The van der Waals surface area contributed by atoms with Crippen molar-refractivity contribution in [1.29, 1.82) is 0 Å². The van der Waals surface area contributed by atoms with Crippen LogP contribution in [0.1, 0.15) is 25.8 Å². The summed E-state index contributed by atoms with van der Waals surface area (Å²) in [5.74, 6) is -0.108. The molecule has 0 radical (unpaired) electrons. The van der Waals surface area contributed by atoms with E-state index < -0.39 is 22.5 Å². The Bertz CT molecular complexity index is 930. The number of anilines is 1. The van der Waals surface area contributed by atoms with Crippen LogP contribution >= 0.6 is 11.6 Å². The summed E-state index contributed by atoms with van der Waals surface area (Å²) in [6.07, 6.45) is 0.733. The van der Waals surface area contributed by atoms with Crippen molar-refractivity contribution in [2.24, 2.45) is 0 Å². The van der Waals surface area contributed by atoms with Gasteiger partial charge in [-0.05, 0) is 50.6 Å². The van der Waals surface area contributed by atoms with Crippen LogP contribution in [0.5, 0.6) is 5.75 Å². The van der Waals surface area contributed by atoms with Crippen molar-refractivity contribution >= 4 is 33.2 Å². The number of nitrogens with zero attached hydrogens (tertiary/aromatic N) is 1. The number of halogens is 1. The van der Waals surface area contributed by atoms with Crippen LogP contribution in [0.4, 0.5) is 5.69 Å². The second kappa shape index (κ2) is 9.30. The fourth-order valence-corrected chi connectivity index (χ4v) is 4.14. The van der Waals surface area contributed by atoms with Crippen molar-refractivity contribution in [1.82, 2.24) is 5.32 Å². The highest BCUT2D eigenvalue weighted by Gasteiger charge is 2.30. The van der Waals surface area contributed by atoms with Crippen molar-refractivity contribution in [3.8, 4) is 5.75 Å². The molecule has 0 saturated heterocycles. The number of benzene rings is 2. The van der Waals surface area contributed by atoms with E-state index in [1.165, 1.54) is 25.3 Å². The van der Waals surface area contributed by atoms with E-state index in [9.17, 15) is 13.2 Å². The summed E-state index contributed by atoms with van der Waals surface area (Å²) in [5.41, 5.74) is 1.13. The summed E-state index contributed by atoms with van der Waals surface area (Å²) in [4.78, 5) is 12.6. The standard InChI is InChI=1S/C20H25ClN2O4S/c1-5-15(3)22-20(24)13-23(18-12-16(21)8-11-19(18)27-4)28(25,26)17-9-6-14(2)7-10-17/h6-12,15H,5,13H2,1-4H3,(H,22,24). The number of sulfonamides is 1. The minimum Gasteiger partial charge on any atom is -0.495 e. The Morgan fingerprint density at radius 3 is 2.43 bits per heavy atom. The Kier molecular flexibility index (Phi) is 7.32. The fraction of sp³-hybridized carbons (Fsp3) is 0.350. The lowest BCUT2D eigenvalue weighted by Crippen LogP contribution is -2.43. The molecular weight excluding hydrogens is 400 g/mol. The second-order valence-corrected chi connectivity index (χ2v) is 8.82. The summed E-state index contributed by atoms with van der Waals surface area (Å²) in [6.45, 7) is 5.27. The van der Waals surface area contributed by atoms with Crippen LogP contribution in [0.25, 0.3) is 0 Å². The van der Waals surface area contributed by atoms with Crippen molar-refractivity contribution in [3.63, 3.8) is 0 Å².